The van der Waals surface area contributed by atoms with E-state index >= 15 is 0 Å². The molecule has 33 heavy (non-hydrogen) atoms. The Morgan fingerprint density at radius 2 is 1.88 bits per heavy atom. The van der Waals surface area contributed by atoms with Gasteiger partial charge in [0.05, 0.1) is 17.3 Å². The first kappa shape index (κ1) is 21.4. The minimum absolute atomic E-state index is 0.0910. The van der Waals surface area contributed by atoms with Crippen molar-refractivity contribution in [2.45, 2.75) is 52.0 Å². The molecule has 1 fully saturated rings. The lowest BCUT2D eigenvalue weighted by molar-refractivity contribution is 0.0515. The summed E-state index contributed by atoms with van der Waals surface area (Å²) in [5.74, 6) is -0.582. The maximum atomic E-state index is 13.2. The number of amides is 2. The van der Waals surface area contributed by atoms with Crippen molar-refractivity contribution in [1.82, 2.24) is 24.9 Å². The number of rotatable bonds is 2. The molecule has 5 rings (SSSR count). The van der Waals surface area contributed by atoms with Crippen LogP contribution in [0.5, 0.6) is 0 Å². The van der Waals surface area contributed by atoms with Gasteiger partial charge in [-0.2, -0.15) is 10.2 Å². The Kier molecular flexibility index (Phi) is 4.70. The summed E-state index contributed by atoms with van der Waals surface area (Å²) in [6, 6.07) is 5.14. The number of aromatic nitrogens is 4. The summed E-state index contributed by atoms with van der Waals surface area (Å²) in [7, 11) is 0. The van der Waals surface area contributed by atoms with Crippen LogP contribution in [0.4, 0.5) is 0 Å². The molecule has 2 amide bonds. The Bertz CT molecular complexity index is 1290. The molecule has 172 valence electrons. The molecule has 2 aromatic heterocycles. The molecule has 0 bridgehead atoms. The maximum absolute atomic E-state index is 13.2. The summed E-state index contributed by atoms with van der Waals surface area (Å²) < 4.78 is 1.85. The van der Waals surface area contributed by atoms with Crippen molar-refractivity contribution < 1.29 is 14.4 Å². The van der Waals surface area contributed by atoms with Crippen LogP contribution in [0.2, 0.25) is 0 Å². The number of piperidine rings is 1. The van der Waals surface area contributed by atoms with Crippen molar-refractivity contribution in [3.63, 3.8) is 0 Å². The van der Waals surface area contributed by atoms with Crippen molar-refractivity contribution in [3.8, 4) is 0 Å². The van der Waals surface area contributed by atoms with Crippen LogP contribution in [0, 0.1) is 5.41 Å². The van der Waals surface area contributed by atoms with Crippen LogP contribution in [0.25, 0.3) is 10.9 Å². The zero-order valence-electron chi connectivity index (χ0n) is 19.1. The lowest BCUT2D eigenvalue weighted by Gasteiger charge is -2.43. The van der Waals surface area contributed by atoms with E-state index < -0.39 is 5.91 Å². The number of H-pyrrole nitrogens is 1. The smallest absolute Gasteiger partial charge is 0.269 e. The first-order valence-corrected chi connectivity index (χ1v) is 11.3. The Labute approximate surface area is 191 Å². The third-order valence-electron chi connectivity index (χ3n) is 7.00. The van der Waals surface area contributed by atoms with Gasteiger partial charge < -0.3 is 10.6 Å². The summed E-state index contributed by atoms with van der Waals surface area (Å²) in [5, 5.41) is 11.8. The second kappa shape index (κ2) is 7.26. The molecular formula is C24H28N6O3. The van der Waals surface area contributed by atoms with E-state index in [4.69, 9.17) is 5.73 Å². The second-order valence-corrected chi connectivity index (χ2v) is 10.4. The van der Waals surface area contributed by atoms with E-state index in [2.05, 4.69) is 36.1 Å². The molecule has 1 spiro atoms. The third-order valence-corrected chi connectivity index (χ3v) is 7.00. The molecule has 9 nitrogen and oxygen atoms in total. The summed E-state index contributed by atoms with van der Waals surface area (Å²) in [6.07, 6.45) is 4.69. The summed E-state index contributed by atoms with van der Waals surface area (Å²) in [6.45, 7) is 7.32. The first-order chi connectivity index (χ1) is 15.6. The number of carbonyl (C=O) groups excluding carboxylic acids is 3. The van der Waals surface area contributed by atoms with Gasteiger partial charge in [-0.1, -0.05) is 0 Å². The predicted molar refractivity (Wildman–Crippen MR) is 122 cm³/mol. The highest BCUT2D eigenvalue weighted by molar-refractivity contribution is 6.06. The lowest BCUT2D eigenvalue weighted by atomic mass is 9.67. The second-order valence-electron chi connectivity index (χ2n) is 10.4. The van der Waals surface area contributed by atoms with Crippen LogP contribution in [0.15, 0.2) is 24.4 Å². The van der Waals surface area contributed by atoms with Gasteiger partial charge in [0, 0.05) is 36.0 Å². The Morgan fingerprint density at radius 3 is 2.55 bits per heavy atom. The molecule has 1 aromatic carbocycles. The number of fused-ring (bicyclic) bond motifs is 2. The Balaban J connectivity index is 1.33. The molecular weight excluding hydrogens is 420 g/mol. The lowest BCUT2D eigenvalue weighted by Crippen LogP contribution is -2.46. The average molecular weight is 449 g/mol. The van der Waals surface area contributed by atoms with Crippen molar-refractivity contribution in [1.29, 1.82) is 0 Å². The van der Waals surface area contributed by atoms with Crippen molar-refractivity contribution >= 4 is 28.5 Å². The molecule has 0 radical (unpaired) electrons. The van der Waals surface area contributed by atoms with Crippen molar-refractivity contribution in [2.24, 2.45) is 11.1 Å². The summed E-state index contributed by atoms with van der Waals surface area (Å²) in [5.41, 5.74) is 8.07. The number of carbonyl (C=O) groups is 3. The van der Waals surface area contributed by atoms with E-state index in [1.54, 1.807) is 18.2 Å². The SMILES string of the molecule is CC(C)(C)n1ncc2c1C(=O)CC1(CCN(C(=O)c3ccc4[nH]nc(C(N)=O)c4c3)CC1)C2. The van der Waals surface area contributed by atoms with Crippen LogP contribution in [-0.2, 0) is 12.0 Å². The highest BCUT2D eigenvalue weighted by atomic mass is 16.2. The fourth-order valence-corrected chi connectivity index (χ4v) is 5.26. The van der Waals surface area contributed by atoms with Gasteiger partial charge in [-0.15, -0.1) is 0 Å². The topological polar surface area (TPSA) is 127 Å². The van der Waals surface area contributed by atoms with Gasteiger partial charge in [0.15, 0.2) is 11.5 Å². The van der Waals surface area contributed by atoms with Gasteiger partial charge in [-0.05, 0) is 63.6 Å². The first-order valence-electron chi connectivity index (χ1n) is 11.3. The number of ketones is 1. The van der Waals surface area contributed by atoms with E-state index in [-0.39, 0.29) is 28.3 Å². The van der Waals surface area contributed by atoms with E-state index in [0.717, 1.165) is 30.5 Å². The van der Waals surface area contributed by atoms with Crippen molar-refractivity contribution in [3.05, 3.63) is 46.9 Å². The minimum Gasteiger partial charge on any atom is -0.364 e. The van der Waals surface area contributed by atoms with E-state index in [0.29, 0.717) is 36.0 Å². The highest BCUT2D eigenvalue weighted by Crippen LogP contribution is 2.44. The standard InChI is InChI=1S/C24H28N6O3/c1-23(2,3)30-20-15(13-26-30)11-24(12-18(20)31)6-8-29(9-7-24)22(33)14-4-5-17-16(10-14)19(21(25)32)28-27-17/h4-5,10,13H,6-9,11-12H2,1-3H3,(H2,25,32)(H,27,28). The van der Waals surface area contributed by atoms with Gasteiger partial charge in [-0.3, -0.25) is 24.2 Å². The number of hydrogen-bond acceptors (Lipinski definition) is 5. The number of benzene rings is 1. The molecule has 0 unspecified atom stereocenters. The van der Waals surface area contributed by atoms with E-state index in [9.17, 15) is 14.4 Å². The largest absolute Gasteiger partial charge is 0.364 e. The number of nitrogens with one attached hydrogen (secondary N) is 1. The highest BCUT2D eigenvalue weighted by Gasteiger charge is 2.44. The van der Waals surface area contributed by atoms with Gasteiger partial charge >= 0.3 is 0 Å². The van der Waals surface area contributed by atoms with Gasteiger partial charge in [-0.25, -0.2) is 0 Å². The van der Waals surface area contributed by atoms with Crippen LogP contribution in [0.3, 0.4) is 0 Å². The van der Waals surface area contributed by atoms with Gasteiger partial charge in [0.2, 0.25) is 0 Å². The van der Waals surface area contributed by atoms with E-state index in [1.807, 2.05) is 15.8 Å². The zero-order valence-corrected chi connectivity index (χ0v) is 19.1. The normalized spacial score (nSPS) is 18.0. The third kappa shape index (κ3) is 3.51. The molecule has 3 heterocycles. The number of Topliss-reactive ketones (excluding diaryl/α,β-unsaturated/α-hetero) is 1. The fourth-order valence-electron chi connectivity index (χ4n) is 5.26. The average Bonchev–Trinajstić information content (AvgIpc) is 3.37. The number of hydrogen-bond donors (Lipinski definition) is 2. The molecule has 9 heteroatoms. The molecule has 3 N–H and O–H groups in total. The van der Waals surface area contributed by atoms with Gasteiger partial charge in [0.25, 0.3) is 11.8 Å². The van der Waals surface area contributed by atoms with Crippen molar-refractivity contribution in [2.75, 3.05) is 13.1 Å². The fraction of sp³-hybridized carbons (Fsp3) is 0.458. The molecule has 0 atom stereocenters. The number of likely N-dealkylation sites (tertiary alicyclic amines) is 1. The molecule has 3 aromatic rings. The Hall–Kier alpha value is -3.49. The Morgan fingerprint density at radius 1 is 1.15 bits per heavy atom. The number of primary amides is 1. The van der Waals surface area contributed by atoms with Gasteiger partial charge in [0.1, 0.15) is 5.69 Å². The predicted octanol–water partition coefficient (Wildman–Crippen LogP) is 2.66. The maximum Gasteiger partial charge on any atom is 0.269 e. The zero-order chi connectivity index (χ0) is 23.5. The minimum atomic E-state index is -0.637. The molecule has 0 saturated carbocycles. The van der Waals surface area contributed by atoms with Crippen LogP contribution < -0.4 is 5.73 Å². The quantitative estimate of drug-likeness (QED) is 0.623. The number of nitrogens with two attached hydrogens (primary N) is 1. The number of aromatic amines is 1. The van der Waals surface area contributed by atoms with Crippen LogP contribution in [0.1, 0.15) is 76.9 Å². The van der Waals surface area contributed by atoms with E-state index in [1.165, 1.54) is 0 Å². The number of nitrogens with zero attached hydrogens (tertiary/aromatic N) is 4. The summed E-state index contributed by atoms with van der Waals surface area (Å²) in [4.78, 5) is 39.8. The monoisotopic (exact) mass is 448 g/mol. The molecule has 1 aliphatic carbocycles. The summed E-state index contributed by atoms with van der Waals surface area (Å²) >= 11 is 0. The molecule has 1 saturated heterocycles. The van der Waals surface area contributed by atoms with Crippen LogP contribution >= 0.6 is 0 Å². The van der Waals surface area contributed by atoms with Crippen LogP contribution in [-0.4, -0.2) is 55.6 Å². The molecule has 1 aliphatic heterocycles. The molecule has 2 aliphatic rings.